The maximum atomic E-state index is 14.0. The van der Waals surface area contributed by atoms with E-state index >= 15 is 0 Å². The van der Waals surface area contributed by atoms with E-state index < -0.39 is 0 Å². The van der Waals surface area contributed by atoms with Crippen LogP contribution in [0.1, 0.15) is 36.6 Å². The fraction of sp³-hybridized carbons (Fsp3) is 0.433. The van der Waals surface area contributed by atoms with Gasteiger partial charge in [-0.15, -0.1) is 5.10 Å². The topological polar surface area (TPSA) is 71.3 Å². The van der Waals surface area contributed by atoms with Crippen LogP contribution < -0.4 is 4.90 Å². The molecule has 1 saturated carbocycles. The number of aliphatic hydroxyl groups is 1. The Bertz CT molecular complexity index is 1360. The lowest BCUT2D eigenvalue weighted by Gasteiger charge is -2.35. The second-order valence-electron chi connectivity index (χ2n) is 11.0. The molecule has 8 nitrogen and oxygen atoms in total. The van der Waals surface area contributed by atoms with Gasteiger partial charge in [-0.2, -0.15) is 0 Å². The van der Waals surface area contributed by atoms with Gasteiger partial charge in [0, 0.05) is 39.3 Å². The van der Waals surface area contributed by atoms with Crippen molar-refractivity contribution in [3.8, 4) is 0 Å². The van der Waals surface area contributed by atoms with Crippen LogP contribution in [-0.4, -0.2) is 81.6 Å². The third-order valence-corrected chi connectivity index (χ3v) is 8.50. The van der Waals surface area contributed by atoms with Crippen LogP contribution in [0, 0.1) is 17.7 Å². The number of nitrogens with zero attached hydrogens (tertiary/aromatic N) is 7. The molecule has 0 bridgehead atoms. The molecule has 0 amide bonds. The number of hydrazone groups is 1. The van der Waals surface area contributed by atoms with Crippen LogP contribution in [0.2, 0.25) is 0 Å². The molecule has 1 aliphatic carbocycles. The molecule has 4 aliphatic heterocycles. The first-order chi connectivity index (χ1) is 19.2. The van der Waals surface area contributed by atoms with Crippen molar-refractivity contribution >= 4 is 17.4 Å². The van der Waals surface area contributed by atoms with Crippen molar-refractivity contribution in [2.75, 3.05) is 50.8 Å². The minimum Gasteiger partial charge on any atom is -0.395 e. The van der Waals surface area contributed by atoms with Crippen LogP contribution in [0.25, 0.3) is 5.70 Å². The first-order valence-electron chi connectivity index (χ1n) is 14.1. The Hall–Kier alpha value is -3.56. The van der Waals surface area contributed by atoms with Gasteiger partial charge in [-0.3, -0.25) is 9.88 Å². The molecular formula is C30H34FN7O. The van der Waals surface area contributed by atoms with Gasteiger partial charge in [-0.05, 0) is 60.9 Å². The number of aromatic nitrogens is 2. The molecule has 9 heteroatoms. The first kappa shape index (κ1) is 24.5. The Morgan fingerprint density at radius 2 is 1.87 bits per heavy atom. The van der Waals surface area contributed by atoms with Gasteiger partial charge >= 0.3 is 0 Å². The molecule has 1 aromatic heterocycles. The smallest absolute Gasteiger partial charge is 0.150 e. The summed E-state index contributed by atoms with van der Waals surface area (Å²) in [5.74, 6) is 2.59. The number of allylic oxidation sites excluding steroid dienone is 3. The number of fused-ring (bicyclic) bond motifs is 2. The van der Waals surface area contributed by atoms with Crippen molar-refractivity contribution in [2.45, 2.75) is 25.3 Å². The number of likely N-dealkylation sites (tertiary alicyclic amines) is 1. The molecular weight excluding hydrogens is 493 g/mol. The normalized spacial score (nSPS) is 26.5. The zero-order valence-corrected chi connectivity index (χ0v) is 22.0. The van der Waals surface area contributed by atoms with Gasteiger partial charge in [-0.1, -0.05) is 24.3 Å². The minimum absolute atomic E-state index is 0.107. The van der Waals surface area contributed by atoms with Crippen LogP contribution >= 0.6 is 0 Å². The van der Waals surface area contributed by atoms with Gasteiger partial charge in [0.15, 0.2) is 0 Å². The largest absolute Gasteiger partial charge is 0.395 e. The highest BCUT2D eigenvalue weighted by Crippen LogP contribution is 2.47. The van der Waals surface area contributed by atoms with E-state index in [4.69, 9.17) is 10.1 Å². The number of hydrogen-bond acceptors (Lipinski definition) is 8. The number of rotatable bonds is 5. The lowest BCUT2D eigenvalue weighted by atomic mass is 10.0. The summed E-state index contributed by atoms with van der Waals surface area (Å²) in [7, 11) is 0. The fourth-order valence-electron chi connectivity index (χ4n) is 6.28. The first-order valence-corrected chi connectivity index (χ1v) is 14.1. The average molecular weight is 528 g/mol. The van der Waals surface area contributed by atoms with Crippen molar-refractivity contribution in [3.63, 3.8) is 0 Å². The van der Waals surface area contributed by atoms with Crippen molar-refractivity contribution in [3.05, 3.63) is 83.7 Å². The second-order valence-corrected chi connectivity index (χ2v) is 11.0. The van der Waals surface area contributed by atoms with Crippen LogP contribution in [0.4, 0.5) is 10.2 Å². The Kier molecular flexibility index (Phi) is 6.40. The van der Waals surface area contributed by atoms with E-state index in [1.807, 2.05) is 23.5 Å². The van der Waals surface area contributed by atoms with Crippen molar-refractivity contribution in [2.24, 2.45) is 16.9 Å². The highest BCUT2D eigenvalue weighted by atomic mass is 19.1. The Labute approximate surface area is 228 Å². The summed E-state index contributed by atoms with van der Waals surface area (Å²) in [5, 5.41) is 16.5. The van der Waals surface area contributed by atoms with Gasteiger partial charge in [0.2, 0.25) is 0 Å². The molecule has 3 unspecified atom stereocenters. The third kappa shape index (κ3) is 4.85. The summed E-state index contributed by atoms with van der Waals surface area (Å²) >= 11 is 0. The van der Waals surface area contributed by atoms with Gasteiger partial charge < -0.3 is 14.9 Å². The van der Waals surface area contributed by atoms with E-state index in [9.17, 15) is 9.50 Å². The number of aliphatic hydroxyl groups excluding tert-OH is 1. The van der Waals surface area contributed by atoms with Gasteiger partial charge in [0.25, 0.3) is 0 Å². The van der Waals surface area contributed by atoms with Crippen molar-refractivity contribution in [1.29, 1.82) is 0 Å². The van der Waals surface area contributed by atoms with E-state index in [2.05, 4.69) is 44.0 Å². The van der Waals surface area contributed by atoms with Crippen LogP contribution in [-0.2, 0) is 0 Å². The van der Waals surface area contributed by atoms with E-state index in [1.165, 1.54) is 6.07 Å². The van der Waals surface area contributed by atoms with Crippen LogP contribution in [0.3, 0.4) is 0 Å². The molecule has 1 N–H and O–H groups in total. The minimum atomic E-state index is -0.198. The number of piperazine rings is 1. The molecule has 3 atom stereocenters. The maximum Gasteiger partial charge on any atom is 0.150 e. The van der Waals surface area contributed by atoms with E-state index in [0.29, 0.717) is 18.4 Å². The zero-order valence-electron chi connectivity index (χ0n) is 22.0. The third-order valence-electron chi connectivity index (χ3n) is 8.50. The molecule has 5 aliphatic rings. The number of benzene rings is 1. The number of β-amino-alcohol motifs (C(OH)–C–C–N with tert-alkyl or cyclic N) is 1. The molecule has 202 valence electrons. The quantitative estimate of drug-likeness (QED) is 0.637. The standard InChI is InChI=1S/C30H34FN7O/c31-24-4-1-3-21(16-24)27-5-2-8-37(27)29-7-6-25-17-22-15-23(22)18-28(38(25)34-29)26-19-32-20-30(33-26)36-11-9-35(10-12-36)13-14-39/h1,3-4,6-7,16-20,22-23,27,39H,2,5,8-15H2. The van der Waals surface area contributed by atoms with Gasteiger partial charge in [0.1, 0.15) is 23.2 Å². The average Bonchev–Trinajstić information content (AvgIpc) is 3.54. The molecule has 3 fully saturated rings. The summed E-state index contributed by atoms with van der Waals surface area (Å²) in [6.45, 7) is 5.31. The Morgan fingerprint density at radius 3 is 2.72 bits per heavy atom. The number of hydrogen-bond donors (Lipinski definition) is 1. The highest BCUT2D eigenvalue weighted by Gasteiger charge is 2.39. The SMILES string of the molecule is OCCN1CCN(c2cncc(C3=CC4CC4C=C4C=CC(N5CCCC5c5cccc(F)c5)=NN43)n2)CC1. The molecule has 0 spiro atoms. The summed E-state index contributed by atoms with van der Waals surface area (Å²) in [4.78, 5) is 16.5. The molecule has 39 heavy (non-hydrogen) atoms. The number of amidine groups is 1. The van der Waals surface area contributed by atoms with Gasteiger partial charge in [0.05, 0.1) is 36.4 Å². The van der Waals surface area contributed by atoms with Crippen LogP contribution in [0.5, 0.6) is 0 Å². The predicted molar refractivity (Wildman–Crippen MR) is 149 cm³/mol. The predicted octanol–water partition coefficient (Wildman–Crippen LogP) is 3.63. The molecule has 2 saturated heterocycles. The lowest BCUT2D eigenvalue weighted by Crippen LogP contribution is -2.47. The van der Waals surface area contributed by atoms with Crippen LogP contribution in [0.15, 0.2) is 71.8 Å². The molecule has 7 rings (SSSR count). The number of halogens is 1. The monoisotopic (exact) mass is 527 g/mol. The fourth-order valence-corrected chi connectivity index (χ4v) is 6.28. The van der Waals surface area contributed by atoms with E-state index in [-0.39, 0.29) is 18.5 Å². The zero-order chi connectivity index (χ0) is 26.3. The molecule has 5 heterocycles. The van der Waals surface area contributed by atoms with E-state index in [1.54, 1.807) is 12.1 Å². The Balaban J connectivity index is 1.18. The summed E-state index contributed by atoms with van der Waals surface area (Å²) in [5.41, 5.74) is 3.87. The van der Waals surface area contributed by atoms with Crippen molar-refractivity contribution < 1.29 is 9.50 Å². The maximum absolute atomic E-state index is 14.0. The number of anilines is 1. The highest BCUT2D eigenvalue weighted by molar-refractivity contribution is 5.95. The van der Waals surface area contributed by atoms with Crippen molar-refractivity contribution in [1.82, 2.24) is 24.8 Å². The van der Waals surface area contributed by atoms with Gasteiger partial charge in [-0.25, -0.2) is 14.4 Å². The molecule has 1 aromatic carbocycles. The van der Waals surface area contributed by atoms with E-state index in [0.717, 1.165) is 86.3 Å². The second kappa shape index (κ2) is 10.2. The summed E-state index contributed by atoms with van der Waals surface area (Å²) in [6.07, 6.45) is 15.8. The lowest BCUT2D eigenvalue weighted by molar-refractivity contribution is 0.188. The molecule has 0 radical (unpaired) electrons. The summed E-state index contributed by atoms with van der Waals surface area (Å²) < 4.78 is 14.0. The Morgan fingerprint density at radius 1 is 1.00 bits per heavy atom. The summed E-state index contributed by atoms with van der Waals surface area (Å²) in [6, 6.07) is 7.06. The molecule has 2 aromatic rings.